The van der Waals surface area contributed by atoms with Gasteiger partial charge in [0.05, 0.1) is 24.3 Å². The van der Waals surface area contributed by atoms with E-state index in [9.17, 15) is 8.42 Å². The summed E-state index contributed by atoms with van der Waals surface area (Å²) in [6.07, 6.45) is 7.01. The molecule has 0 unspecified atom stereocenters. The molecule has 2 aromatic carbocycles. The summed E-state index contributed by atoms with van der Waals surface area (Å²) in [6, 6.07) is 15.8. The molecular formula is C29H40Cl3N5O2S. The van der Waals surface area contributed by atoms with Crippen LogP contribution in [0.5, 0.6) is 0 Å². The quantitative estimate of drug-likeness (QED) is 0.359. The van der Waals surface area contributed by atoms with E-state index in [1.165, 1.54) is 0 Å². The van der Waals surface area contributed by atoms with Gasteiger partial charge in [-0.3, -0.25) is 0 Å². The van der Waals surface area contributed by atoms with Crippen LogP contribution in [0.15, 0.2) is 61.1 Å². The number of hydrogen-bond donors (Lipinski definition) is 1. The van der Waals surface area contributed by atoms with Gasteiger partial charge < -0.3 is 14.8 Å². The van der Waals surface area contributed by atoms with E-state index in [0.29, 0.717) is 37.5 Å². The molecule has 7 nitrogen and oxygen atoms in total. The van der Waals surface area contributed by atoms with Gasteiger partial charge in [-0.2, -0.15) is 4.31 Å². The van der Waals surface area contributed by atoms with Gasteiger partial charge in [0.1, 0.15) is 0 Å². The average Bonchev–Trinajstić information content (AvgIpc) is 3.23. The molecule has 3 heterocycles. The van der Waals surface area contributed by atoms with Crippen molar-refractivity contribution in [2.24, 2.45) is 12.5 Å². The van der Waals surface area contributed by atoms with E-state index >= 15 is 0 Å². The van der Waals surface area contributed by atoms with Crippen LogP contribution in [-0.4, -0.2) is 53.7 Å². The maximum Gasteiger partial charge on any atom is 0.214 e. The van der Waals surface area contributed by atoms with Crippen LogP contribution in [0.2, 0.25) is 5.02 Å². The zero-order valence-electron chi connectivity index (χ0n) is 23.1. The maximum absolute atomic E-state index is 14.1. The molecule has 3 aromatic rings. The Morgan fingerprint density at radius 1 is 1.10 bits per heavy atom. The van der Waals surface area contributed by atoms with E-state index in [4.69, 9.17) is 11.6 Å². The summed E-state index contributed by atoms with van der Waals surface area (Å²) in [7, 11) is -1.55. The number of fused-ring (bicyclic) bond motifs is 1. The van der Waals surface area contributed by atoms with Crippen LogP contribution in [-0.2, 0) is 36.6 Å². The first kappa shape index (κ1) is 32.7. The molecule has 0 bridgehead atoms. The van der Waals surface area contributed by atoms with E-state index < -0.39 is 10.0 Å². The van der Waals surface area contributed by atoms with E-state index in [1.807, 2.05) is 54.2 Å². The van der Waals surface area contributed by atoms with Crippen LogP contribution >= 0.6 is 36.4 Å². The Hall–Kier alpha value is -1.81. The molecule has 0 aliphatic carbocycles. The number of aryl methyl sites for hydroxylation is 1. The third kappa shape index (κ3) is 7.72. The Kier molecular flexibility index (Phi) is 11.4. The highest BCUT2D eigenvalue weighted by Gasteiger charge is 2.37. The lowest BCUT2D eigenvalue weighted by Gasteiger charge is -2.36. The molecule has 1 atom stereocenters. The second kappa shape index (κ2) is 13.9. The standard InChI is InChI=1S/C29H38ClN5O2S.2ClH/c1-29(10-13-31-14-11-29)12-15-38(36,37)35-19-24-17-25(30)8-9-28(24)34(21-27-18-32-22-33(27)2)20-26(35)16-23-6-4-3-5-7-23;;/h3-9,17-18,22,26,31H,10-16,19-21H2,1-2H3;2*1H/t26-;;/m1../s1. The number of halogens is 3. The van der Waals surface area contributed by atoms with Crippen molar-refractivity contribution in [3.8, 4) is 0 Å². The van der Waals surface area contributed by atoms with Crippen LogP contribution in [0, 0.1) is 5.41 Å². The van der Waals surface area contributed by atoms with Crippen molar-refractivity contribution < 1.29 is 8.42 Å². The number of hydrogen-bond acceptors (Lipinski definition) is 5. The fraction of sp³-hybridized carbons (Fsp3) is 0.483. The summed E-state index contributed by atoms with van der Waals surface area (Å²) < 4.78 is 32.1. The van der Waals surface area contributed by atoms with Gasteiger partial charge in [-0.05, 0) is 73.5 Å². The SMILES string of the molecule is Cl.Cl.Cn1cncc1CN1C[C@@H](Cc2ccccc2)N(S(=O)(=O)CCC2(C)CCNCC2)Cc2cc(Cl)ccc21. The summed E-state index contributed by atoms with van der Waals surface area (Å²) in [5.74, 6) is 0.159. The van der Waals surface area contributed by atoms with Gasteiger partial charge >= 0.3 is 0 Å². The van der Waals surface area contributed by atoms with Gasteiger partial charge in [0.25, 0.3) is 0 Å². The molecule has 5 rings (SSSR count). The number of imidazole rings is 1. The third-order valence-electron chi connectivity index (χ3n) is 8.26. The van der Waals surface area contributed by atoms with E-state index in [0.717, 1.165) is 48.4 Å². The summed E-state index contributed by atoms with van der Waals surface area (Å²) in [5, 5.41) is 4.02. The normalized spacial score (nSPS) is 19.2. The van der Waals surface area contributed by atoms with Crippen LogP contribution in [0.1, 0.15) is 43.0 Å². The zero-order chi connectivity index (χ0) is 26.8. The molecule has 11 heteroatoms. The predicted octanol–water partition coefficient (Wildman–Crippen LogP) is 5.46. The summed E-state index contributed by atoms with van der Waals surface area (Å²) in [5.41, 5.74) is 4.21. The van der Waals surface area contributed by atoms with Gasteiger partial charge in [-0.15, -0.1) is 24.8 Å². The van der Waals surface area contributed by atoms with Crippen LogP contribution in [0.3, 0.4) is 0 Å². The molecule has 1 aromatic heterocycles. The lowest BCUT2D eigenvalue weighted by atomic mass is 9.79. The molecule has 1 fully saturated rings. The molecule has 1 saturated heterocycles. The average molecular weight is 629 g/mol. The monoisotopic (exact) mass is 627 g/mol. The first-order valence-electron chi connectivity index (χ1n) is 13.5. The minimum absolute atomic E-state index is 0. The van der Waals surface area contributed by atoms with Crippen molar-refractivity contribution in [3.05, 3.63) is 82.9 Å². The van der Waals surface area contributed by atoms with Gasteiger partial charge in [0.15, 0.2) is 0 Å². The molecule has 220 valence electrons. The Bertz CT molecular complexity index is 1350. The highest BCUT2D eigenvalue weighted by atomic mass is 35.5. The van der Waals surface area contributed by atoms with Gasteiger partial charge in [0.2, 0.25) is 10.0 Å². The van der Waals surface area contributed by atoms with Gasteiger partial charge in [-0.1, -0.05) is 48.9 Å². The number of aromatic nitrogens is 2. The Labute approximate surface area is 256 Å². The lowest BCUT2D eigenvalue weighted by Crippen LogP contribution is -2.47. The maximum atomic E-state index is 14.1. The number of sulfonamides is 1. The second-order valence-corrected chi connectivity index (χ2v) is 13.6. The molecule has 40 heavy (non-hydrogen) atoms. The van der Waals surface area contributed by atoms with Crippen molar-refractivity contribution in [1.82, 2.24) is 19.2 Å². The topological polar surface area (TPSA) is 70.5 Å². The predicted molar refractivity (Wildman–Crippen MR) is 168 cm³/mol. The smallest absolute Gasteiger partial charge is 0.214 e. The van der Waals surface area contributed by atoms with Crippen molar-refractivity contribution >= 4 is 52.1 Å². The van der Waals surface area contributed by atoms with Crippen molar-refractivity contribution in [3.63, 3.8) is 0 Å². The Morgan fingerprint density at radius 3 is 2.50 bits per heavy atom. The van der Waals surface area contributed by atoms with Gasteiger partial charge in [-0.25, -0.2) is 13.4 Å². The Morgan fingerprint density at radius 2 is 1.82 bits per heavy atom. The molecule has 2 aliphatic rings. The molecule has 0 radical (unpaired) electrons. The highest BCUT2D eigenvalue weighted by Crippen LogP contribution is 2.36. The van der Waals surface area contributed by atoms with Gasteiger partial charge in [0, 0.05) is 43.1 Å². The molecule has 0 amide bonds. The van der Waals surface area contributed by atoms with E-state index in [-0.39, 0.29) is 42.0 Å². The number of anilines is 1. The number of benzene rings is 2. The number of rotatable bonds is 8. The molecular weight excluding hydrogens is 589 g/mol. The van der Waals surface area contributed by atoms with Crippen molar-refractivity contribution in [2.75, 3.05) is 30.3 Å². The summed E-state index contributed by atoms with van der Waals surface area (Å²) in [6.45, 7) is 5.66. The molecule has 0 spiro atoms. The van der Waals surface area contributed by atoms with Crippen molar-refractivity contribution in [2.45, 2.75) is 51.7 Å². The zero-order valence-corrected chi connectivity index (χ0v) is 26.3. The molecule has 2 aliphatic heterocycles. The fourth-order valence-corrected chi connectivity index (χ4v) is 7.87. The minimum Gasteiger partial charge on any atom is -0.364 e. The van der Waals surface area contributed by atoms with Crippen molar-refractivity contribution in [1.29, 1.82) is 0 Å². The summed E-state index contributed by atoms with van der Waals surface area (Å²) in [4.78, 5) is 6.59. The van der Waals surface area contributed by atoms with E-state index in [2.05, 4.69) is 34.3 Å². The highest BCUT2D eigenvalue weighted by molar-refractivity contribution is 7.89. The van der Waals surface area contributed by atoms with Crippen LogP contribution in [0.25, 0.3) is 0 Å². The number of nitrogens with zero attached hydrogens (tertiary/aromatic N) is 4. The Balaban J connectivity index is 0.00000220. The number of nitrogens with one attached hydrogen (secondary N) is 1. The first-order valence-corrected chi connectivity index (χ1v) is 15.4. The minimum atomic E-state index is -3.54. The largest absolute Gasteiger partial charge is 0.364 e. The molecule has 0 saturated carbocycles. The lowest BCUT2D eigenvalue weighted by molar-refractivity contribution is 0.219. The second-order valence-electron chi connectivity index (χ2n) is 11.2. The number of piperidine rings is 1. The molecule has 1 N–H and O–H groups in total. The van der Waals surface area contributed by atoms with Crippen LogP contribution in [0.4, 0.5) is 5.69 Å². The third-order valence-corrected chi connectivity index (χ3v) is 10.4. The summed E-state index contributed by atoms with van der Waals surface area (Å²) >= 11 is 6.45. The first-order chi connectivity index (χ1) is 18.2. The van der Waals surface area contributed by atoms with Crippen LogP contribution < -0.4 is 10.2 Å². The van der Waals surface area contributed by atoms with E-state index in [1.54, 1.807) is 10.6 Å². The fourth-order valence-electron chi connectivity index (χ4n) is 5.76.